The third kappa shape index (κ3) is 6.55. The number of ether oxygens (including phenoxy) is 1. The van der Waals surface area contributed by atoms with Crippen molar-refractivity contribution in [2.45, 2.75) is 51.5 Å². The summed E-state index contributed by atoms with van der Waals surface area (Å²) in [5, 5.41) is 2.79. The summed E-state index contributed by atoms with van der Waals surface area (Å²) in [5.41, 5.74) is 1.79. The zero-order chi connectivity index (χ0) is 21.6. The Hall–Kier alpha value is -2.42. The molecular formula is C22H27NO6S. The maximum atomic E-state index is 12.5. The lowest BCUT2D eigenvalue weighted by Gasteiger charge is -2.26. The number of nitrogens with one attached hydrogen (secondary N) is 1. The highest BCUT2D eigenvalue weighted by Crippen LogP contribution is 2.29. The number of benzene rings is 2. The minimum Gasteiger partial charge on any atom is -0.445 e. The van der Waals surface area contributed by atoms with Crippen LogP contribution in [-0.4, -0.2) is 32.8 Å². The van der Waals surface area contributed by atoms with Gasteiger partial charge in [-0.05, 0) is 29.9 Å². The van der Waals surface area contributed by atoms with Crippen LogP contribution in [0.4, 0.5) is 4.79 Å². The summed E-state index contributed by atoms with van der Waals surface area (Å²) >= 11 is 0. The second kappa shape index (κ2) is 10.1. The van der Waals surface area contributed by atoms with E-state index in [4.69, 9.17) is 13.1 Å². The Morgan fingerprint density at radius 2 is 1.60 bits per heavy atom. The average molecular weight is 434 g/mol. The summed E-state index contributed by atoms with van der Waals surface area (Å²) in [6.07, 6.45) is -1.31. The van der Waals surface area contributed by atoms with Gasteiger partial charge in [0.05, 0.1) is 6.04 Å². The van der Waals surface area contributed by atoms with Crippen LogP contribution in [0.25, 0.3) is 0 Å². The van der Waals surface area contributed by atoms with Crippen LogP contribution in [0.1, 0.15) is 31.4 Å². The summed E-state index contributed by atoms with van der Waals surface area (Å²) in [4.78, 5) is 12.5. The second-order valence-corrected chi connectivity index (χ2v) is 8.94. The van der Waals surface area contributed by atoms with E-state index in [-0.39, 0.29) is 12.5 Å². The van der Waals surface area contributed by atoms with Gasteiger partial charge in [-0.25, -0.2) is 13.2 Å². The van der Waals surface area contributed by atoms with Crippen LogP contribution >= 0.6 is 0 Å². The number of hydrogen-bond donors (Lipinski definition) is 1. The lowest BCUT2D eigenvalue weighted by atomic mass is 9.93. The van der Waals surface area contributed by atoms with Crippen LogP contribution in [0.5, 0.6) is 0 Å². The highest BCUT2D eigenvalue weighted by atomic mass is 32.3. The number of rotatable bonds is 8. The van der Waals surface area contributed by atoms with E-state index < -0.39 is 34.7 Å². The highest BCUT2D eigenvalue weighted by Gasteiger charge is 2.45. The molecule has 3 rings (SSSR count). The molecule has 0 unspecified atom stereocenters. The SMILES string of the molecule is CC(C)C[C@H]1OS(=O)(=O)O[C@@H]1[C@H](Cc1ccccc1)NC(=O)OCc1ccccc1. The molecule has 3 atom stereocenters. The van der Waals surface area contributed by atoms with Crippen LogP contribution in [0.2, 0.25) is 0 Å². The van der Waals surface area contributed by atoms with Crippen LogP contribution in [0, 0.1) is 5.92 Å². The van der Waals surface area contributed by atoms with Gasteiger partial charge in [0.25, 0.3) is 0 Å². The first kappa shape index (κ1) is 22.3. The van der Waals surface area contributed by atoms with E-state index in [1.165, 1.54) is 0 Å². The lowest BCUT2D eigenvalue weighted by Crippen LogP contribution is -2.49. The molecule has 2 aromatic rings. The molecule has 1 N–H and O–H groups in total. The fourth-order valence-corrected chi connectivity index (χ4v) is 4.49. The summed E-state index contributed by atoms with van der Waals surface area (Å²) in [6, 6.07) is 18.1. The molecule has 0 aromatic heterocycles. The van der Waals surface area contributed by atoms with Gasteiger partial charge in [0.2, 0.25) is 0 Å². The fourth-order valence-electron chi connectivity index (χ4n) is 3.42. The number of carbonyl (C=O) groups is 1. The van der Waals surface area contributed by atoms with Crippen LogP contribution in [0.15, 0.2) is 60.7 Å². The first-order valence-corrected chi connectivity index (χ1v) is 11.3. The molecule has 0 bridgehead atoms. The molecule has 1 aliphatic heterocycles. The Bertz CT molecular complexity index is 917. The molecule has 30 heavy (non-hydrogen) atoms. The number of carbonyl (C=O) groups excluding carboxylic acids is 1. The molecule has 0 radical (unpaired) electrons. The van der Waals surface area contributed by atoms with Gasteiger partial charge in [-0.1, -0.05) is 74.5 Å². The summed E-state index contributed by atoms with van der Waals surface area (Å²) in [6.45, 7) is 4.05. The number of amides is 1. The Labute approximate surface area is 177 Å². The van der Waals surface area contributed by atoms with Crippen molar-refractivity contribution in [3.05, 3.63) is 71.8 Å². The molecule has 1 amide bonds. The molecule has 1 heterocycles. The van der Waals surface area contributed by atoms with Crippen molar-refractivity contribution in [2.24, 2.45) is 5.92 Å². The molecular weight excluding hydrogens is 406 g/mol. The van der Waals surface area contributed by atoms with E-state index in [9.17, 15) is 13.2 Å². The molecule has 2 aromatic carbocycles. The minimum absolute atomic E-state index is 0.112. The van der Waals surface area contributed by atoms with E-state index >= 15 is 0 Å². The summed E-state index contributed by atoms with van der Waals surface area (Å²) in [5.74, 6) is 0.191. The molecule has 0 aliphatic carbocycles. The van der Waals surface area contributed by atoms with Crippen molar-refractivity contribution in [2.75, 3.05) is 0 Å². The number of alkyl carbamates (subject to hydrolysis) is 1. The maximum Gasteiger partial charge on any atom is 0.407 e. The first-order chi connectivity index (χ1) is 14.3. The average Bonchev–Trinajstić information content (AvgIpc) is 3.01. The monoisotopic (exact) mass is 433 g/mol. The molecule has 162 valence electrons. The molecule has 0 saturated carbocycles. The van der Waals surface area contributed by atoms with Gasteiger partial charge in [-0.2, -0.15) is 8.42 Å². The Balaban J connectivity index is 1.74. The van der Waals surface area contributed by atoms with E-state index in [1.54, 1.807) is 0 Å². The topological polar surface area (TPSA) is 90.9 Å². The van der Waals surface area contributed by atoms with Gasteiger partial charge in [0.15, 0.2) is 0 Å². The lowest BCUT2D eigenvalue weighted by molar-refractivity contribution is 0.0877. The maximum absolute atomic E-state index is 12.5. The van der Waals surface area contributed by atoms with Crippen molar-refractivity contribution >= 4 is 16.5 Å². The minimum atomic E-state index is -4.11. The van der Waals surface area contributed by atoms with Gasteiger partial charge in [-0.15, -0.1) is 0 Å². The molecule has 1 aliphatic rings. The second-order valence-electron chi connectivity index (χ2n) is 7.74. The Morgan fingerprint density at radius 3 is 2.20 bits per heavy atom. The Morgan fingerprint density at radius 1 is 1.00 bits per heavy atom. The third-order valence-corrected chi connectivity index (χ3v) is 5.69. The Kier molecular flexibility index (Phi) is 7.47. The predicted octanol–water partition coefficient (Wildman–Crippen LogP) is 3.60. The summed E-state index contributed by atoms with van der Waals surface area (Å²) < 4.78 is 39.7. The van der Waals surface area contributed by atoms with Crippen LogP contribution in [-0.2, 0) is 36.5 Å². The van der Waals surface area contributed by atoms with Crippen molar-refractivity contribution in [1.82, 2.24) is 5.32 Å². The largest absolute Gasteiger partial charge is 0.445 e. The van der Waals surface area contributed by atoms with E-state index in [0.717, 1.165) is 11.1 Å². The van der Waals surface area contributed by atoms with Crippen molar-refractivity contribution in [3.63, 3.8) is 0 Å². The van der Waals surface area contributed by atoms with Crippen molar-refractivity contribution in [3.8, 4) is 0 Å². The van der Waals surface area contributed by atoms with Crippen molar-refractivity contribution < 1.29 is 26.3 Å². The molecule has 1 saturated heterocycles. The molecule has 8 heteroatoms. The first-order valence-electron chi connectivity index (χ1n) is 9.95. The molecule has 0 spiro atoms. The van der Waals surface area contributed by atoms with Gasteiger partial charge in [-0.3, -0.25) is 0 Å². The zero-order valence-electron chi connectivity index (χ0n) is 17.1. The standard InChI is InChI=1S/C22H27NO6S/c1-16(2)13-20-21(29-30(25,26)28-20)19(14-17-9-5-3-6-10-17)23-22(24)27-15-18-11-7-4-8-12-18/h3-12,16,19-21H,13-15H2,1-2H3,(H,23,24)/t19-,20+,21+/m0/s1. The van der Waals surface area contributed by atoms with Gasteiger partial charge >= 0.3 is 16.5 Å². The zero-order valence-corrected chi connectivity index (χ0v) is 17.9. The van der Waals surface area contributed by atoms with Gasteiger partial charge in [0, 0.05) is 0 Å². The van der Waals surface area contributed by atoms with E-state index in [2.05, 4.69) is 5.32 Å². The van der Waals surface area contributed by atoms with E-state index in [1.807, 2.05) is 74.5 Å². The quantitative estimate of drug-likeness (QED) is 0.684. The van der Waals surface area contributed by atoms with Crippen LogP contribution in [0.3, 0.4) is 0 Å². The van der Waals surface area contributed by atoms with Gasteiger partial charge in [0.1, 0.15) is 18.8 Å². The molecule has 7 nitrogen and oxygen atoms in total. The fraction of sp³-hybridized carbons (Fsp3) is 0.409. The third-order valence-electron chi connectivity index (χ3n) is 4.75. The number of hydrogen-bond acceptors (Lipinski definition) is 6. The normalized spacial score (nSPS) is 21.3. The van der Waals surface area contributed by atoms with Crippen LogP contribution < -0.4 is 5.32 Å². The summed E-state index contributed by atoms with van der Waals surface area (Å²) in [7, 11) is -4.11. The van der Waals surface area contributed by atoms with Gasteiger partial charge < -0.3 is 10.1 Å². The van der Waals surface area contributed by atoms with E-state index in [0.29, 0.717) is 12.8 Å². The highest BCUT2D eigenvalue weighted by molar-refractivity contribution is 7.82. The predicted molar refractivity (Wildman–Crippen MR) is 112 cm³/mol. The smallest absolute Gasteiger partial charge is 0.407 e. The molecule has 1 fully saturated rings. The van der Waals surface area contributed by atoms with Crippen molar-refractivity contribution in [1.29, 1.82) is 0 Å².